The van der Waals surface area contributed by atoms with E-state index in [0.717, 1.165) is 4.57 Å². The summed E-state index contributed by atoms with van der Waals surface area (Å²) in [7, 11) is -16.7. The maximum atomic E-state index is 13.8. The van der Waals surface area contributed by atoms with E-state index in [1.54, 1.807) is 0 Å². The molecule has 5 atom stereocenters. The molecule has 1 aliphatic rings. The highest BCUT2D eigenvalue weighted by molar-refractivity contribution is 7.71. The zero-order chi connectivity index (χ0) is 23.1. The fourth-order valence-electron chi connectivity index (χ4n) is 2.38. The molecule has 5 N–H and O–H groups in total. The molecule has 1 aliphatic heterocycles. The second-order valence-electron chi connectivity index (χ2n) is 5.91. The van der Waals surface area contributed by atoms with E-state index in [0.29, 0.717) is 0 Å². The highest BCUT2D eigenvalue weighted by Crippen LogP contribution is 2.66. The maximum Gasteiger partial charge on any atom is 0.490 e. The van der Waals surface area contributed by atoms with E-state index in [1.807, 2.05) is 0 Å². The molecule has 172 valence electrons. The fraction of sp³-hybridized carbons (Fsp3) is 0.600. The third kappa shape index (κ3) is 6.68. The number of rotatable bonds is 8. The van der Waals surface area contributed by atoms with Crippen LogP contribution in [0.4, 0.5) is 4.48 Å². The Hall–Kier alpha value is -0.640. The molecular formula is C10H16FN2O13P3S. The van der Waals surface area contributed by atoms with Gasteiger partial charge in [-0.15, -0.1) is 4.79 Å². The van der Waals surface area contributed by atoms with Crippen LogP contribution in [-0.2, 0) is 31.6 Å². The zero-order valence-electron chi connectivity index (χ0n) is 14.7. The molecule has 20 heteroatoms. The van der Waals surface area contributed by atoms with Crippen LogP contribution in [0.25, 0.3) is 0 Å². The Bertz CT molecular complexity index is 1070. The number of hydrogen-bond acceptors (Lipinski definition) is 10. The van der Waals surface area contributed by atoms with E-state index in [4.69, 9.17) is 31.6 Å². The number of aryl methyl sites for hydroxylation is 1. The van der Waals surface area contributed by atoms with Gasteiger partial charge in [-0.3, -0.25) is 9.09 Å². The first-order chi connectivity index (χ1) is 13.5. The molecule has 30 heavy (non-hydrogen) atoms. The lowest BCUT2D eigenvalue weighted by Crippen LogP contribution is -2.31. The predicted octanol–water partition coefficient (Wildman–Crippen LogP) is 0.412. The number of phosphoric acid groups is 3. The van der Waals surface area contributed by atoms with Gasteiger partial charge in [-0.25, -0.2) is 18.5 Å². The summed E-state index contributed by atoms with van der Waals surface area (Å²) in [6.07, 6.45) is -3.05. The third-order valence-corrected chi connectivity index (χ3v) is 7.85. The Balaban J connectivity index is 2.07. The lowest BCUT2D eigenvalue weighted by Gasteiger charge is -2.19. The Morgan fingerprint density at radius 3 is 2.40 bits per heavy atom. The number of halogens is 1. The summed E-state index contributed by atoms with van der Waals surface area (Å²) in [5.41, 5.74) is -0.988. The first-order valence-corrected chi connectivity index (χ1v) is 12.6. The Morgan fingerprint density at radius 1 is 1.23 bits per heavy atom. The van der Waals surface area contributed by atoms with Gasteiger partial charge in [-0.05, 0) is 6.92 Å². The van der Waals surface area contributed by atoms with Crippen molar-refractivity contribution in [2.45, 2.75) is 31.8 Å². The Kier molecular flexibility index (Phi) is 7.75. The van der Waals surface area contributed by atoms with Crippen LogP contribution in [0.2, 0.25) is 0 Å². The highest BCUT2D eigenvalue weighted by Gasteiger charge is 2.43. The molecule has 0 amide bonds. The zero-order valence-corrected chi connectivity index (χ0v) is 18.2. The number of phosphoric ester groups is 1. The number of ether oxygens (including phenoxy) is 1. The van der Waals surface area contributed by atoms with Crippen molar-refractivity contribution in [2.75, 3.05) is 6.61 Å². The molecule has 0 saturated carbocycles. The summed E-state index contributed by atoms with van der Waals surface area (Å²) in [4.78, 5) is 47.1. The lowest BCUT2D eigenvalue weighted by atomic mass is 10.2. The van der Waals surface area contributed by atoms with Gasteiger partial charge in [0.05, 0.1) is 12.7 Å². The van der Waals surface area contributed by atoms with Gasteiger partial charge >= 0.3 is 29.2 Å². The molecule has 2 rings (SSSR count). The van der Waals surface area contributed by atoms with E-state index >= 15 is 0 Å². The van der Waals surface area contributed by atoms with Gasteiger partial charge in [-0.1, -0.05) is 16.7 Å². The molecule has 0 aromatic carbocycles. The molecule has 1 aromatic rings. The topological polar surface area (TPSA) is 216 Å². The monoisotopic (exact) mass is 516 g/mol. The van der Waals surface area contributed by atoms with E-state index in [-0.39, 0.29) is 21.4 Å². The summed E-state index contributed by atoms with van der Waals surface area (Å²) < 4.78 is 64.5. The molecule has 0 aliphatic carbocycles. The SMILES string of the molecule is Cc1cn([C@H]2C[C@H](O)[C@@H](COP(=O)(O)OP(=O)(O)OP(=O)(O)O)O2)c(=O)n(F)c1=S. The number of hydrogen-bond donors (Lipinski definition) is 5. The average molecular weight is 516 g/mol. The largest absolute Gasteiger partial charge is 0.490 e. The van der Waals surface area contributed by atoms with E-state index in [2.05, 4.69) is 13.1 Å². The van der Waals surface area contributed by atoms with Crippen LogP contribution in [0.3, 0.4) is 0 Å². The Morgan fingerprint density at radius 2 is 1.83 bits per heavy atom. The van der Waals surface area contributed by atoms with E-state index in [1.165, 1.54) is 13.1 Å². The fourth-order valence-corrected chi connectivity index (χ4v) is 5.54. The van der Waals surface area contributed by atoms with Gasteiger partial charge in [0.25, 0.3) is 0 Å². The highest BCUT2D eigenvalue weighted by atomic mass is 32.1. The molecule has 0 bridgehead atoms. The number of aliphatic hydroxyl groups excluding tert-OH is 1. The van der Waals surface area contributed by atoms with Gasteiger partial charge < -0.3 is 29.4 Å². The molecule has 1 fully saturated rings. The van der Waals surface area contributed by atoms with Crippen molar-refractivity contribution < 1.29 is 60.7 Å². The molecule has 2 heterocycles. The summed E-state index contributed by atoms with van der Waals surface area (Å²) in [5.74, 6) is 0. The van der Waals surface area contributed by atoms with Crippen LogP contribution >= 0.6 is 35.7 Å². The predicted molar refractivity (Wildman–Crippen MR) is 95.1 cm³/mol. The molecule has 0 radical (unpaired) electrons. The van der Waals surface area contributed by atoms with Gasteiger partial charge in [-0.2, -0.15) is 8.62 Å². The minimum atomic E-state index is -5.70. The van der Waals surface area contributed by atoms with Crippen molar-refractivity contribution in [2.24, 2.45) is 0 Å². The van der Waals surface area contributed by atoms with Crippen LogP contribution in [0.1, 0.15) is 18.2 Å². The minimum Gasteiger partial charge on any atom is -0.390 e. The van der Waals surface area contributed by atoms with Crippen LogP contribution in [0.15, 0.2) is 11.0 Å². The van der Waals surface area contributed by atoms with E-state index < -0.39 is 54.2 Å². The smallest absolute Gasteiger partial charge is 0.390 e. The van der Waals surface area contributed by atoms with Gasteiger partial charge in [0.15, 0.2) is 0 Å². The van der Waals surface area contributed by atoms with Gasteiger partial charge in [0, 0.05) is 18.2 Å². The van der Waals surface area contributed by atoms with Crippen LogP contribution < -0.4 is 5.69 Å². The second kappa shape index (κ2) is 9.08. The lowest BCUT2D eigenvalue weighted by molar-refractivity contribution is -0.0460. The standard InChI is InChI=1S/C10H16FN2O13P3S/c1-5-3-12(10(15)13(11)9(5)30)8-2-6(14)7(24-8)4-23-28(19,20)26-29(21,22)25-27(16,17)18/h3,6-8,14H,2,4H2,1H3,(H,19,20)(H,21,22)(H2,16,17,18)/t6-,7+,8+/m0/s1. The van der Waals surface area contributed by atoms with Crippen molar-refractivity contribution in [3.8, 4) is 0 Å². The first kappa shape index (κ1) is 25.6. The summed E-state index contributed by atoms with van der Waals surface area (Å²) in [6.45, 7) is 0.496. The molecule has 15 nitrogen and oxygen atoms in total. The van der Waals surface area contributed by atoms with E-state index in [9.17, 15) is 33.0 Å². The third-order valence-electron chi connectivity index (χ3n) is 3.57. The normalized spacial score (nSPS) is 26.3. The van der Waals surface area contributed by atoms with Gasteiger partial charge in [0.2, 0.25) is 0 Å². The van der Waals surface area contributed by atoms with Crippen molar-refractivity contribution in [1.82, 2.24) is 9.36 Å². The second-order valence-corrected chi connectivity index (χ2v) is 10.7. The molecule has 1 aromatic heterocycles. The molecule has 0 spiro atoms. The number of aliphatic hydroxyl groups is 1. The van der Waals surface area contributed by atoms with Crippen molar-refractivity contribution >= 4 is 35.7 Å². The van der Waals surface area contributed by atoms with Crippen LogP contribution in [0.5, 0.6) is 0 Å². The van der Waals surface area contributed by atoms with Crippen molar-refractivity contribution in [1.29, 1.82) is 0 Å². The molecule has 1 saturated heterocycles. The quantitative estimate of drug-likeness (QED) is 0.234. The van der Waals surface area contributed by atoms with Crippen molar-refractivity contribution in [3.05, 3.63) is 26.9 Å². The minimum absolute atomic E-state index is 0.210. The first-order valence-electron chi connectivity index (χ1n) is 7.64. The summed E-state index contributed by atoms with van der Waals surface area (Å²) in [5, 5.41) is 10.0. The summed E-state index contributed by atoms with van der Waals surface area (Å²) in [6, 6.07) is 0. The molecule has 2 unspecified atom stereocenters. The number of aromatic nitrogens is 2. The van der Waals surface area contributed by atoms with Crippen LogP contribution in [0, 0.1) is 11.6 Å². The molecular weight excluding hydrogens is 500 g/mol. The Labute approximate surface area is 171 Å². The van der Waals surface area contributed by atoms with Crippen molar-refractivity contribution in [3.63, 3.8) is 0 Å². The maximum absolute atomic E-state index is 13.8. The average Bonchev–Trinajstić information content (AvgIpc) is 2.92. The van der Waals surface area contributed by atoms with Crippen LogP contribution in [-0.4, -0.2) is 52.9 Å². The number of nitrogens with zero attached hydrogens (tertiary/aromatic N) is 2. The van der Waals surface area contributed by atoms with Gasteiger partial charge in [0.1, 0.15) is 17.0 Å². The summed E-state index contributed by atoms with van der Waals surface area (Å²) >= 11 is 4.71.